The molecular formula is C52H36N4O. The second-order valence-electron chi connectivity index (χ2n) is 15.0. The standard InChI is InChI=1S/C52H36N4O/c1-4-15-33(16-5-1)43-32-44(34-17-6-2-7-18-34)54-52(53-43)35-19-14-22-37(31-35)56-46-30-29-41-39-24-11-13-26-47(39)57-51(41)48(46)42-28-27-40-38-23-10-12-25-45(38)55(49(40)50(42)56)36-20-8-3-9-21-36/h1-32,43,52-54H. The first kappa shape index (κ1) is 32.0. The van der Waals surface area contributed by atoms with Crippen LogP contribution < -0.4 is 10.6 Å². The summed E-state index contributed by atoms with van der Waals surface area (Å²) >= 11 is 0. The highest BCUT2D eigenvalue weighted by molar-refractivity contribution is 6.29. The number of aromatic nitrogens is 2. The van der Waals surface area contributed by atoms with Crippen LogP contribution in [0.15, 0.2) is 199 Å². The molecule has 5 heteroatoms. The van der Waals surface area contributed by atoms with Crippen LogP contribution in [0.2, 0.25) is 0 Å². The van der Waals surface area contributed by atoms with Crippen LogP contribution in [0.3, 0.4) is 0 Å². The molecule has 270 valence electrons. The Morgan fingerprint density at radius 1 is 0.456 bits per heavy atom. The van der Waals surface area contributed by atoms with Crippen molar-refractivity contribution < 1.29 is 4.42 Å². The highest BCUT2D eigenvalue weighted by atomic mass is 16.3. The lowest BCUT2D eigenvalue weighted by atomic mass is 9.98. The van der Waals surface area contributed by atoms with Crippen LogP contribution in [0.4, 0.5) is 0 Å². The minimum absolute atomic E-state index is 0.0205. The maximum Gasteiger partial charge on any atom is 0.145 e. The number of nitrogens with zero attached hydrogens (tertiary/aromatic N) is 2. The molecule has 4 heterocycles. The van der Waals surface area contributed by atoms with E-state index in [1.165, 1.54) is 21.9 Å². The summed E-state index contributed by atoms with van der Waals surface area (Å²) in [7, 11) is 0. The molecule has 2 unspecified atom stereocenters. The number of nitrogens with one attached hydrogen (secondary N) is 2. The maximum atomic E-state index is 6.79. The summed E-state index contributed by atoms with van der Waals surface area (Å²) in [5.41, 5.74) is 13.2. The SMILES string of the molecule is C1=C(c2ccccc2)NC(c2cccc(-n3c4ccc5c6ccccc6oc5c4c4ccc5c6ccccc6n(-c6ccccc6)c5c43)c2)NC1c1ccccc1. The smallest absolute Gasteiger partial charge is 0.145 e. The number of hydrogen-bond acceptors (Lipinski definition) is 3. The van der Waals surface area contributed by atoms with E-state index in [1.54, 1.807) is 0 Å². The zero-order chi connectivity index (χ0) is 37.5. The van der Waals surface area contributed by atoms with Gasteiger partial charge in [-0.15, -0.1) is 0 Å². The van der Waals surface area contributed by atoms with Crippen LogP contribution in [0.1, 0.15) is 28.9 Å². The van der Waals surface area contributed by atoms with Gasteiger partial charge in [0.05, 0.1) is 33.5 Å². The molecule has 8 aromatic carbocycles. The minimum Gasteiger partial charge on any atom is -0.455 e. The molecule has 12 rings (SSSR count). The first-order chi connectivity index (χ1) is 28.3. The highest BCUT2D eigenvalue weighted by Crippen LogP contribution is 2.45. The van der Waals surface area contributed by atoms with E-state index < -0.39 is 0 Å². The lowest BCUT2D eigenvalue weighted by Gasteiger charge is -2.33. The molecule has 1 aliphatic rings. The largest absolute Gasteiger partial charge is 0.455 e. The molecule has 2 atom stereocenters. The van der Waals surface area contributed by atoms with E-state index in [9.17, 15) is 0 Å². The molecule has 2 N–H and O–H groups in total. The Bertz CT molecular complexity index is 3360. The lowest BCUT2D eigenvalue weighted by molar-refractivity contribution is 0.442. The number of hydrogen-bond donors (Lipinski definition) is 2. The predicted octanol–water partition coefficient (Wildman–Crippen LogP) is 12.8. The molecule has 57 heavy (non-hydrogen) atoms. The van der Waals surface area contributed by atoms with Gasteiger partial charge >= 0.3 is 0 Å². The zero-order valence-corrected chi connectivity index (χ0v) is 30.9. The van der Waals surface area contributed by atoms with Crippen molar-refractivity contribution in [3.05, 3.63) is 211 Å². The van der Waals surface area contributed by atoms with Crippen LogP contribution in [0.5, 0.6) is 0 Å². The van der Waals surface area contributed by atoms with Gasteiger partial charge in [0.15, 0.2) is 0 Å². The van der Waals surface area contributed by atoms with Crippen LogP contribution in [-0.4, -0.2) is 9.13 Å². The second-order valence-corrected chi connectivity index (χ2v) is 15.0. The van der Waals surface area contributed by atoms with Crippen molar-refractivity contribution in [1.82, 2.24) is 19.8 Å². The van der Waals surface area contributed by atoms with E-state index in [0.717, 1.165) is 77.5 Å². The quantitative estimate of drug-likeness (QED) is 0.185. The number of furan rings is 1. The predicted molar refractivity (Wildman–Crippen MR) is 235 cm³/mol. The molecule has 0 aliphatic carbocycles. The molecule has 0 spiro atoms. The maximum absolute atomic E-state index is 6.79. The van der Waals surface area contributed by atoms with Gasteiger partial charge in [-0.3, -0.25) is 5.32 Å². The molecular weight excluding hydrogens is 697 g/mol. The third-order valence-corrected chi connectivity index (χ3v) is 11.8. The van der Waals surface area contributed by atoms with Gasteiger partial charge in [-0.2, -0.15) is 0 Å². The van der Waals surface area contributed by atoms with E-state index in [-0.39, 0.29) is 12.2 Å². The van der Waals surface area contributed by atoms with Gasteiger partial charge < -0.3 is 18.9 Å². The Labute approximate surface area is 328 Å². The average molecular weight is 733 g/mol. The van der Waals surface area contributed by atoms with Crippen molar-refractivity contribution >= 4 is 71.2 Å². The fourth-order valence-electron chi connectivity index (χ4n) is 9.24. The normalized spacial score (nSPS) is 15.9. The summed E-state index contributed by atoms with van der Waals surface area (Å²) in [4.78, 5) is 0. The molecule has 5 nitrogen and oxygen atoms in total. The Kier molecular flexibility index (Phi) is 7.06. The topological polar surface area (TPSA) is 47.1 Å². The summed E-state index contributed by atoms with van der Waals surface area (Å²) in [5, 5.41) is 14.8. The van der Waals surface area contributed by atoms with Gasteiger partial charge in [0, 0.05) is 44.0 Å². The second kappa shape index (κ2) is 12.6. The third kappa shape index (κ3) is 4.93. The molecule has 0 bridgehead atoms. The molecule has 0 radical (unpaired) electrons. The Morgan fingerprint density at radius 2 is 1.09 bits per heavy atom. The molecule has 0 saturated carbocycles. The summed E-state index contributed by atoms with van der Waals surface area (Å²) in [6.45, 7) is 0. The lowest BCUT2D eigenvalue weighted by Crippen LogP contribution is -2.39. The van der Waals surface area contributed by atoms with Crippen molar-refractivity contribution in [3.8, 4) is 11.4 Å². The Balaban J connectivity index is 1.14. The highest BCUT2D eigenvalue weighted by Gasteiger charge is 2.27. The van der Waals surface area contributed by atoms with Crippen molar-refractivity contribution in [2.24, 2.45) is 0 Å². The summed E-state index contributed by atoms with van der Waals surface area (Å²) in [5.74, 6) is 0. The molecule has 1 aliphatic heterocycles. The molecule has 0 saturated heterocycles. The van der Waals surface area contributed by atoms with Crippen LogP contribution in [-0.2, 0) is 0 Å². The summed E-state index contributed by atoms with van der Waals surface area (Å²) in [6, 6.07) is 67.3. The number of rotatable bonds is 5. The third-order valence-electron chi connectivity index (χ3n) is 11.8. The molecule has 11 aromatic rings. The van der Waals surface area contributed by atoms with Crippen molar-refractivity contribution in [2.45, 2.75) is 12.2 Å². The van der Waals surface area contributed by atoms with Crippen molar-refractivity contribution in [1.29, 1.82) is 0 Å². The van der Waals surface area contributed by atoms with Gasteiger partial charge in [0.2, 0.25) is 0 Å². The minimum atomic E-state index is -0.152. The molecule has 3 aromatic heterocycles. The van der Waals surface area contributed by atoms with Gasteiger partial charge in [-0.1, -0.05) is 140 Å². The first-order valence-electron chi connectivity index (χ1n) is 19.6. The Hall–Kier alpha value is -7.34. The van der Waals surface area contributed by atoms with Crippen molar-refractivity contribution in [2.75, 3.05) is 0 Å². The van der Waals surface area contributed by atoms with Gasteiger partial charge in [-0.25, -0.2) is 0 Å². The molecule has 0 amide bonds. The fourth-order valence-corrected chi connectivity index (χ4v) is 9.24. The van der Waals surface area contributed by atoms with Gasteiger partial charge in [-0.05, 0) is 71.3 Å². The number of para-hydroxylation sites is 3. The van der Waals surface area contributed by atoms with E-state index in [4.69, 9.17) is 4.42 Å². The van der Waals surface area contributed by atoms with E-state index in [0.29, 0.717) is 0 Å². The monoisotopic (exact) mass is 732 g/mol. The van der Waals surface area contributed by atoms with E-state index >= 15 is 0 Å². The number of benzene rings is 8. The summed E-state index contributed by atoms with van der Waals surface area (Å²) in [6.07, 6.45) is 2.15. The van der Waals surface area contributed by atoms with E-state index in [2.05, 4.69) is 208 Å². The Morgan fingerprint density at radius 3 is 1.93 bits per heavy atom. The van der Waals surface area contributed by atoms with Gasteiger partial charge in [0.25, 0.3) is 0 Å². The van der Waals surface area contributed by atoms with Crippen LogP contribution >= 0.6 is 0 Å². The van der Waals surface area contributed by atoms with Crippen LogP contribution in [0, 0.1) is 0 Å². The number of fused-ring (bicyclic) bond motifs is 11. The molecule has 0 fully saturated rings. The van der Waals surface area contributed by atoms with Gasteiger partial charge in [0.1, 0.15) is 17.3 Å². The van der Waals surface area contributed by atoms with Crippen molar-refractivity contribution in [3.63, 3.8) is 0 Å². The van der Waals surface area contributed by atoms with Crippen LogP contribution in [0.25, 0.3) is 82.6 Å². The van der Waals surface area contributed by atoms with E-state index in [1.807, 2.05) is 6.07 Å². The summed E-state index contributed by atoms with van der Waals surface area (Å²) < 4.78 is 11.7. The first-order valence-corrected chi connectivity index (χ1v) is 19.6. The zero-order valence-electron chi connectivity index (χ0n) is 30.9. The average Bonchev–Trinajstić information content (AvgIpc) is 3.95. The fraction of sp³-hybridized carbons (Fsp3) is 0.0385.